The molecule has 0 aromatic heterocycles. The summed E-state index contributed by atoms with van der Waals surface area (Å²) in [5.74, 6) is 3.63. The number of carbonyl (C=O) groups excluding carboxylic acids is 1. The standard InChI is InChI=1S/C32H51BrO2/c1-20(2)22-11-16-32(19-33)18-17-30(7)23(27(22)32)9-10-25-29(6)14-13-26(35-21(3)34)28(4,5)24(29)12-15-31(25,30)8/h22-27H,1,9-19H2,2-8H3/t22-,23?,24?,25?,26-,27?,29-,30+,31+,32+/m0/s1. The first-order valence-corrected chi connectivity index (χ1v) is 15.8. The molecular formula is C32H51BrO2. The molecule has 5 saturated carbocycles. The second-order valence-electron chi connectivity index (χ2n) is 15.1. The van der Waals surface area contributed by atoms with Crippen LogP contribution >= 0.6 is 15.9 Å². The molecule has 5 aliphatic carbocycles. The monoisotopic (exact) mass is 546 g/mol. The average molecular weight is 548 g/mol. The van der Waals surface area contributed by atoms with E-state index in [9.17, 15) is 4.79 Å². The third kappa shape index (κ3) is 3.40. The van der Waals surface area contributed by atoms with Gasteiger partial charge in [-0.05, 0) is 122 Å². The Labute approximate surface area is 223 Å². The van der Waals surface area contributed by atoms with Gasteiger partial charge in [-0.3, -0.25) is 4.79 Å². The van der Waals surface area contributed by atoms with E-state index in [1.165, 1.54) is 68.7 Å². The molecule has 0 radical (unpaired) electrons. The normalized spacial score (nSPS) is 52.5. The van der Waals surface area contributed by atoms with Gasteiger partial charge in [-0.1, -0.05) is 62.7 Å². The fraction of sp³-hybridized carbons (Fsp3) is 0.906. The summed E-state index contributed by atoms with van der Waals surface area (Å²) in [7, 11) is 0. The maximum Gasteiger partial charge on any atom is 0.302 e. The molecule has 0 bridgehead atoms. The summed E-state index contributed by atoms with van der Waals surface area (Å²) < 4.78 is 5.92. The number of carbonyl (C=O) groups is 1. The molecule has 0 spiro atoms. The Bertz CT molecular complexity index is 894. The van der Waals surface area contributed by atoms with Crippen molar-refractivity contribution < 1.29 is 9.53 Å². The number of hydrogen-bond donors (Lipinski definition) is 0. The van der Waals surface area contributed by atoms with Crippen molar-refractivity contribution in [2.75, 3.05) is 5.33 Å². The Morgan fingerprint density at radius 2 is 1.57 bits per heavy atom. The molecule has 0 heterocycles. The van der Waals surface area contributed by atoms with Crippen LogP contribution < -0.4 is 0 Å². The van der Waals surface area contributed by atoms with E-state index in [1.807, 2.05) is 0 Å². The highest BCUT2D eigenvalue weighted by Crippen LogP contribution is 2.77. The fourth-order valence-corrected chi connectivity index (χ4v) is 12.8. The van der Waals surface area contributed by atoms with E-state index in [0.29, 0.717) is 33.5 Å². The SMILES string of the molecule is C=C(C)[C@@H]1CC[C@]2(CBr)CC[C@]3(C)C(CCC4[C@@]5(C)CC[C@H](OC(C)=O)C(C)(C)C5CC[C@]43C)C12. The molecule has 3 heteroatoms. The summed E-state index contributed by atoms with van der Waals surface area (Å²) in [5, 5.41) is 1.17. The van der Waals surface area contributed by atoms with Crippen LogP contribution in [0.4, 0.5) is 0 Å². The summed E-state index contributed by atoms with van der Waals surface area (Å²) in [6.07, 6.45) is 13.2. The number of ether oxygens (including phenoxy) is 1. The van der Waals surface area contributed by atoms with Gasteiger partial charge in [0, 0.05) is 17.7 Å². The number of rotatable bonds is 3. The van der Waals surface area contributed by atoms with Crippen LogP contribution in [0.25, 0.3) is 0 Å². The molecule has 0 saturated heterocycles. The van der Waals surface area contributed by atoms with Crippen molar-refractivity contribution in [3.8, 4) is 0 Å². The highest BCUT2D eigenvalue weighted by molar-refractivity contribution is 9.09. The number of fused-ring (bicyclic) bond motifs is 7. The molecule has 5 rings (SSSR count). The lowest BCUT2D eigenvalue weighted by Gasteiger charge is -2.73. The maximum atomic E-state index is 11.9. The predicted octanol–water partition coefficient (Wildman–Crippen LogP) is 8.97. The Kier molecular flexibility index (Phi) is 6.27. The summed E-state index contributed by atoms with van der Waals surface area (Å²) >= 11 is 4.03. The molecule has 0 N–H and O–H groups in total. The quantitative estimate of drug-likeness (QED) is 0.200. The summed E-state index contributed by atoms with van der Waals surface area (Å²) in [6.45, 7) is 21.3. The van der Waals surface area contributed by atoms with Gasteiger partial charge in [0.15, 0.2) is 0 Å². The maximum absolute atomic E-state index is 11.9. The minimum Gasteiger partial charge on any atom is -0.462 e. The molecule has 4 unspecified atom stereocenters. The Balaban J connectivity index is 1.51. The number of esters is 1. The molecule has 5 fully saturated rings. The van der Waals surface area contributed by atoms with E-state index in [2.05, 4.69) is 64.1 Å². The Morgan fingerprint density at radius 3 is 2.20 bits per heavy atom. The van der Waals surface area contributed by atoms with Crippen molar-refractivity contribution in [3.63, 3.8) is 0 Å². The molecule has 0 aromatic carbocycles. The van der Waals surface area contributed by atoms with Crippen LogP contribution in [-0.2, 0) is 9.53 Å². The average Bonchev–Trinajstić information content (AvgIpc) is 3.16. The first-order valence-electron chi connectivity index (χ1n) is 14.7. The summed E-state index contributed by atoms with van der Waals surface area (Å²) in [6, 6.07) is 0. The number of hydrogen-bond acceptors (Lipinski definition) is 2. The zero-order chi connectivity index (χ0) is 25.6. The zero-order valence-corrected chi connectivity index (χ0v) is 25.2. The Hall–Kier alpha value is -0.310. The van der Waals surface area contributed by atoms with Crippen molar-refractivity contribution in [1.29, 1.82) is 0 Å². The van der Waals surface area contributed by atoms with Crippen LogP contribution in [0.2, 0.25) is 0 Å². The first-order chi connectivity index (χ1) is 16.3. The number of halogens is 1. The third-order valence-corrected chi connectivity index (χ3v) is 14.9. The Morgan fingerprint density at radius 1 is 0.857 bits per heavy atom. The molecular weight excluding hydrogens is 496 g/mol. The van der Waals surface area contributed by atoms with Crippen molar-refractivity contribution in [1.82, 2.24) is 0 Å². The van der Waals surface area contributed by atoms with E-state index in [-0.39, 0.29) is 17.5 Å². The van der Waals surface area contributed by atoms with Gasteiger partial charge >= 0.3 is 5.97 Å². The van der Waals surface area contributed by atoms with Crippen LogP contribution in [0.1, 0.15) is 113 Å². The summed E-state index contributed by atoms with van der Waals surface area (Å²) in [4.78, 5) is 11.9. The molecule has 35 heavy (non-hydrogen) atoms. The van der Waals surface area contributed by atoms with E-state index >= 15 is 0 Å². The third-order valence-electron chi connectivity index (χ3n) is 13.8. The molecule has 5 aliphatic rings. The van der Waals surface area contributed by atoms with Gasteiger partial charge in [-0.15, -0.1) is 0 Å². The molecule has 10 atom stereocenters. The molecule has 2 nitrogen and oxygen atoms in total. The highest BCUT2D eigenvalue weighted by atomic mass is 79.9. The highest BCUT2D eigenvalue weighted by Gasteiger charge is 2.70. The summed E-state index contributed by atoms with van der Waals surface area (Å²) in [5.41, 5.74) is 3.12. The molecule has 0 amide bonds. The van der Waals surface area contributed by atoms with Gasteiger partial charge < -0.3 is 4.74 Å². The van der Waals surface area contributed by atoms with E-state index in [1.54, 1.807) is 6.92 Å². The van der Waals surface area contributed by atoms with Gasteiger partial charge in [-0.25, -0.2) is 0 Å². The van der Waals surface area contributed by atoms with Crippen LogP contribution in [-0.4, -0.2) is 17.4 Å². The van der Waals surface area contributed by atoms with Crippen molar-refractivity contribution in [3.05, 3.63) is 12.2 Å². The van der Waals surface area contributed by atoms with Crippen LogP contribution in [0.5, 0.6) is 0 Å². The second kappa shape index (κ2) is 8.34. The zero-order valence-electron chi connectivity index (χ0n) is 23.6. The van der Waals surface area contributed by atoms with Crippen molar-refractivity contribution in [2.45, 2.75) is 119 Å². The van der Waals surface area contributed by atoms with Gasteiger partial charge in [0.1, 0.15) is 6.10 Å². The van der Waals surface area contributed by atoms with Gasteiger partial charge in [0.25, 0.3) is 0 Å². The smallest absolute Gasteiger partial charge is 0.302 e. The largest absolute Gasteiger partial charge is 0.462 e. The topological polar surface area (TPSA) is 26.3 Å². The van der Waals surface area contributed by atoms with Gasteiger partial charge in [0.05, 0.1) is 0 Å². The lowest BCUT2D eigenvalue weighted by atomic mass is 9.32. The van der Waals surface area contributed by atoms with E-state index in [4.69, 9.17) is 4.74 Å². The second-order valence-corrected chi connectivity index (χ2v) is 15.7. The van der Waals surface area contributed by atoms with E-state index in [0.717, 1.165) is 24.2 Å². The minimum atomic E-state index is -0.110. The number of allylic oxidation sites excluding steroid dienone is 1. The van der Waals surface area contributed by atoms with Gasteiger partial charge in [-0.2, -0.15) is 0 Å². The van der Waals surface area contributed by atoms with Crippen molar-refractivity contribution >= 4 is 21.9 Å². The van der Waals surface area contributed by atoms with E-state index < -0.39 is 0 Å². The van der Waals surface area contributed by atoms with Crippen molar-refractivity contribution in [2.24, 2.45) is 56.7 Å². The van der Waals surface area contributed by atoms with Crippen LogP contribution in [0.3, 0.4) is 0 Å². The minimum absolute atomic E-state index is 0.0476. The van der Waals surface area contributed by atoms with Crippen LogP contribution in [0, 0.1) is 56.7 Å². The van der Waals surface area contributed by atoms with Gasteiger partial charge in [0.2, 0.25) is 0 Å². The number of alkyl halides is 1. The van der Waals surface area contributed by atoms with Crippen LogP contribution in [0.15, 0.2) is 12.2 Å². The lowest BCUT2D eigenvalue weighted by Crippen LogP contribution is -2.66. The first kappa shape index (κ1) is 26.3. The lowest BCUT2D eigenvalue weighted by molar-refractivity contribution is -0.248. The molecule has 0 aromatic rings. The predicted molar refractivity (Wildman–Crippen MR) is 148 cm³/mol. The fourth-order valence-electron chi connectivity index (χ4n) is 11.9. The molecule has 0 aliphatic heterocycles. The molecule has 198 valence electrons.